The van der Waals surface area contributed by atoms with Gasteiger partial charge in [0, 0.05) is 5.03 Å². The first-order valence-electron chi connectivity index (χ1n) is 7.18. The number of hydrogen-bond acceptors (Lipinski definition) is 4. The van der Waals surface area contributed by atoms with Crippen molar-refractivity contribution < 1.29 is 14.3 Å². The average Bonchev–Trinajstić information content (AvgIpc) is 2.77. The van der Waals surface area contributed by atoms with Gasteiger partial charge in [-0.3, -0.25) is 4.79 Å². The first-order chi connectivity index (χ1) is 10.7. The third-order valence-electron chi connectivity index (χ3n) is 3.51. The summed E-state index contributed by atoms with van der Waals surface area (Å²) in [4.78, 5) is 28.7. The van der Waals surface area contributed by atoms with Gasteiger partial charge in [0.15, 0.2) is 0 Å². The smallest absolute Gasteiger partial charge is 0.435 e. The zero-order chi connectivity index (χ0) is 16.9. The topological polar surface area (TPSA) is 73.6 Å². The second-order valence-electron chi connectivity index (χ2n) is 6.44. The van der Waals surface area contributed by atoms with Gasteiger partial charge in [0.2, 0.25) is 0 Å². The third kappa shape index (κ3) is 2.74. The fourth-order valence-electron chi connectivity index (χ4n) is 2.56. The molecule has 0 N–H and O–H groups in total. The van der Waals surface area contributed by atoms with Gasteiger partial charge in [-0.15, -0.1) is 0 Å². The van der Waals surface area contributed by atoms with Gasteiger partial charge in [0.1, 0.15) is 5.60 Å². The molecule has 0 spiro atoms. The van der Waals surface area contributed by atoms with Crippen LogP contribution in [0.3, 0.4) is 0 Å². The lowest BCUT2D eigenvalue weighted by molar-refractivity contribution is 0.0510. The van der Waals surface area contributed by atoms with E-state index in [-0.39, 0.29) is 5.92 Å². The molecule has 1 aliphatic heterocycles. The number of allylic oxidation sites excluding steroid dienone is 4. The Hall–Kier alpha value is -2.21. The van der Waals surface area contributed by atoms with E-state index in [1.165, 1.54) is 0 Å². The van der Waals surface area contributed by atoms with E-state index < -0.39 is 17.6 Å². The first-order valence-corrected chi connectivity index (χ1v) is 7.56. The summed E-state index contributed by atoms with van der Waals surface area (Å²) in [6.07, 6.45) is 4.50. The lowest BCUT2D eigenvalue weighted by Crippen LogP contribution is -2.28. The van der Waals surface area contributed by atoms with Crippen molar-refractivity contribution in [3.05, 3.63) is 40.2 Å². The second kappa shape index (κ2) is 5.16. The van der Waals surface area contributed by atoms with Crippen molar-refractivity contribution in [1.29, 1.82) is 0 Å². The number of carbonyl (C=O) groups excluding carboxylic acids is 2. The molecule has 1 atom stereocenters. The minimum atomic E-state index is -0.654. The Morgan fingerprint density at radius 2 is 2.04 bits per heavy atom. The second-order valence-corrected chi connectivity index (χ2v) is 6.88. The average molecular weight is 334 g/mol. The summed E-state index contributed by atoms with van der Waals surface area (Å²) in [6.45, 7) is 6.96. The number of nitrogens with zero attached hydrogens (tertiary/aromatic N) is 3. The molecule has 23 heavy (non-hydrogen) atoms. The fraction of sp³-hybridized carbons (Fsp3) is 0.375. The van der Waals surface area contributed by atoms with Crippen LogP contribution in [0.1, 0.15) is 48.4 Å². The van der Waals surface area contributed by atoms with Gasteiger partial charge >= 0.3 is 6.09 Å². The van der Waals surface area contributed by atoms with Crippen molar-refractivity contribution in [2.45, 2.75) is 39.2 Å². The van der Waals surface area contributed by atoms with E-state index in [9.17, 15) is 9.59 Å². The standard InChI is InChI=1S/C16H16ClN3O3/c1-8-12-13(19-20(8)15(22)23-16(2,3)4)10-7-9(17)5-6-11(10)18-14(12)21/h5-7,10H,1-4H3. The Kier molecular flexibility index (Phi) is 3.52. The van der Waals surface area contributed by atoms with Crippen LogP contribution in [0.2, 0.25) is 0 Å². The van der Waals surface area contributed by atoms with Crippen LogP contribution in [0.4, 0.5) is 4.79 Å². The van der Waals surface area contributed by atoms with Crippen LogP contribution in [-0.4, -0.2) is 33.1 Å². The summed E-state index contributed by atoms with van der Waals surface area (Å²) < 4.78 is 6.45. The summed E-state index contributed by atoms with van der Waals surface area (Å²) in [5.74, 6) is -0.739. The Morgan fingerprint density at radius 1 is 1.35 bits per heavy atom. The van der Waals surface area contributed by atoms with Crippen LogP contribution in [0.25, 0.3) is 0 Å². The van der Waals surface area contributed by atoms with Gasteiger partial charge in [0.05, 0.1) is 28.6 Å². The SMILES string of the molecule is Cc1c2c(nn1C(=O)OC(C)(C)C)C1C=C(Cl)C=CC1=NC2=O. The van der Waals surface area contributed by atoms with Crippen molar-refractivity contribution in [3.63, 3.8) is 0 Å². The van der Waals surface area contributed by atoms with Crippen molar-refractivity contribution in [2.24, 2.45) is 4.99 Å². The molecule has 1 amide bonds. The van der Waals surface area contributed by atoms with Gasteiger partial charge in [0.25, 0.3) is 5.91 Å². The van der Waals surface area contributed by atoms with E-state index in [2.05, 4.69) is 10.1 Å². The highest BCUT2D eigenvalue weighted by molar-refractivity contribution is 6.32. The highest BCUT2D eigenvalue weighted by Gasteiger charge is 2.35. The maximum Gasteiger partial charge on any atom is 0.435 e. The largest absolute Gasteiger partial charge is 0.442 e. The molecular weight excluding hydrogens is 318 g/mol. The molecule has 1 aromatic heterocycles. The number of halogens is 1. The molecule has 2 heterocycles. The number of aromatic nitrogens is 2. The molecule has 0 aromatic carbocycles. The molecule has 2 aliphatic rings. The van der Waals surface area contributed by atoms with Crippen molar-refractivity contribution in [2.75, 3.05) is 0 Å². The summed E-state index contributed by atoms with van der Waals surface area (Å²) in [6, 6.07) is 0. The molecule has 120 valence electrons. The molecule has 0 saturated carbocycles. The molecule has 1 unspecified atom stereocenters. The van der Waals surface area contributed by atoms with Gasteiger partial charge in [-0.1, -0.05) is 17.7 Å². The molecule has 7 heteroatoms. The minimum Gasteiger partial charge on any atom is -0.442 e. The minimum absolute atomic E-state index is 0.331. The van der Waals surface area contributed by atoms with Crippen LogP contribution in [0.15, 0.2) is 28.3 Å². The predicted molar refractivity (Wildman–Crippen MR) is 86.2 cm³/mol. The lowest BCUT2D eigenvalue weighted by Gasteiger charge is -2.19. The molecule has 0 fully saturated rings. The van der Waals surface area contributed by atoms with E-state index in [1.54, 1.807) is 45.9 Å². The number of rotatable bonds is 0. The number of aliphatic imine (C=N–C) groups is 1. The maximum absolute atomic E-state index is 12.3. The quantitative estimate of drug-likeness (QED) is 0.729. The maximum atomic E-state index is 12.3. The molecule has 0 radical (unpaired) electrons. The number of amides is 1. The Morgan fingerprint density at radius 3 is 2.70 bits per heavy atom. The molecule has 3 rings (SSSR count). The Bertz CT molecular complexity index is 809. The molecular formula is C16H16ClN3O3. The zero-order valence-electron chi connectivity index (χ0n) is 13.3. The molecule has 1 aliphatic carbocycles. The summed E-state index contributed by atoms with van der Waals surface area (Å²) in [7, 11) is 0. The van der Waals surface area contributed by atoms with E-state index in [4.69, 9.17) is 16.3 Å². The van der Waals surface area contributed by atoms with Crippen LogP contribution in [0.5, 0.6) is 0 Å². The normalized spacial score (nSPS) is 19.7. The van der Waals surface area contributed by atoms with Gasteiger partial charge in [-0.05, 0) is 39.8 Å². The molecule has 6 nitrogen and oxygen atoms in total. The third-order valence-corrected chi connectivity index (χ3v) is 3.76. The fourth-order valence-corrected chi connectivity index (χ4v) is 2.75. The van der Waals surface area contributed by atoms with E-state index in [1.807, 2.05) is 0 Å². The van der Waals surface area contributed by atoms with Gasteiger partial charge < -0.3 is 4.74 Å². The molecule has 1 aromatic rings. The zero-order valence-corrected chi connectivity index (χ0v) is 14.0. The molecule has 0 bridgehead atoms. The highest BCUT2D eigenvalue weighted by Crippen LogP contribution is 2.34. The highest BCUT2D eigenvalue weighted by atomic mass is 35.5. The lowest BCUT2D eigenvalue weighted by atomic mass is 9.89. The predicted octanol–water partition coefficient (Wildman–Crippen LogP) is 3.35. The van der Waals surface area contributed by atoms with Gasteiger partial charge in [-0.25, -0.2) is 9.79 Å². The summed E-state index contributed by atoms with van der Waals surface area (Å²) in [5.41, 5.74) is 1.15. The summed E-state index contributed by atoms with van der Waals surface area (Å²) in [5, 5.41) is 4.85. The van der Waals surface area contributed by atoms with E-state index in [0.717, 1.165) is 4.68 Å². The number of fused-ring (bicyclic) bond motifs is 3. The Labute approximate surface area is 138 Å². The number of hydrogen-bond donors (Lipinski definition) is 0. The number of ether oxygens (including phenoxy) is 1. The van der Waals surface area contributed by atoms with Crippen LogP contribution >= 0.6 is 11.6 Å². The Balaban J connectivity index is 2.08. The van der Waals surface area contributed by atoms with Crippen LogP contribution in [0, 0.1) is 6.92 Å². The van der Waals surface area contributed by atoms with E-state index in [0.29, 0.717) is 27.7 Å². The monoisotopic (exact) mass is 333 g/mol. The van der Waals surface area contributed by atoms with Crippen LogP contribution in [-0.2, 0) is 4.74 Å². The summed E-state index contributed by atoms with van der Waals surface area (Å²) >= 11 is 6.04. The van der Waals surface area contributed by atoms with Crippen molar-refractivity contribution >= 4 is 29.3 Å². The number of carbonyl (C=O) groups is 2. The van der Waals surface area contributed by atoms with Gasteiger partial charge in [-0.2, -0.15) is 9.78 Å². The van der Waals surface area contributed by atoms with Crippen molar-refractivity contribution in [1.82, 2.24) is 9.78 Å². The van der Waals surface area contributed by atoms with Crippen molar-refractivity contribution in [3.8, 4) is 0 Å². The first kappa shape index (κ1) is 15.7. The van der Waals surface area contributed by atoms with Crippen LogP contribution < -0.4 is 0 Å². The van der Waals surface area contributed by atoms with E-state index >= 15 is 0 Å². The molecule has 0 saturated heterocycles.